The normalized spacial score (nSPS) is 17.2. The quantitative estimate of drug-likeness (QED) is 0.260. The van der Waals surface area contributed by atoms with Crippen LogP contribution in [0, 0.1) is 0 Å². The molecule has 6 N–H and O–H groups in total. The molecule has 2 amide bonds. The van der Waals surface area contributed by atoms with Crippen LogP contribution in [-0.2, 0) is 0 Å². The van der Waals surface area contributed by atoms with Crippen LogP contribution in [-0.4, -0.2) is 50.5 Å². The van der Waals surface area contributed by atoms with Crippen LogP contribution in [0.5, 0.6) is 0 Å². The highest BCUT2D eigenvalue weighted by molar-refractivity contribution is 6.03. The van der Waals surface area contributed by atoms with Crippen LogP contribution in [0.1, 0.15) is 46.5 Å². The number of carbonyl (C=O) groups excluding carboxylic acids is 2. The zero-order chi connectivity index (χ0) is 25.8. The summed E-state index contributed by atoms with van der Waals surface area (Å²) in [7, 11) is 1.59. The Morgan fingerprint density at radius 2 is 1.70 bits per heavy atom. The molecular formula is C26H29N9O2. The Hall–Kier alpha value is -4.51. The Morgan fingerprint density at radius 1 is 0.973 bits per heavy atom. The molecule has 1 aromatic carbocycles. The standard InChI is InChI=1S/C26H29N9O2/c1-28-25(36)16-2-6-18(7-3-16)31-21-14-23(32-19-8-4-17(27)5-9-19)34-35-22(15-30-24(21)35)26(37)33-20-10-12-29-13-11-20/h2-3,6-7,10-15,17,19,31H,4-5,8-9,27H2,1H3,(H,28,36)(H,32,34)(H,29,33,37). The molecule has 0 radical (unpaired) electrons. The summed E-state index contributed by atoms with van der Waals surface area (Å²) in [5.74, 6) is 0.121. The van der Waals surface area contributed by atoms with E-state index >= 15 is 0 Å². The molecule has 11 nitrogen and oxygen atoms in total. The van der Waals surface area contributed by atoms with Crippen LogP contribution >= 0.6 is 0 Å². The first-order chi connectivity index (χ1) is 18.0. The number of hydrogen-bond acceptors (Lipinski definition) is 8. The number of fused-ring (bicyclic) bond motifs is 1. The summed E-state index contributed by atoms with van der Waals surface area (Å²) in [6.07, 6.45) is 8.52. The van der Waals surface area contributed by atoms with Crippen molar-refractivity contribution in [2.45, 2.75) is 37.8 Å². The predicted molar refractivity (Wildman–Crippen MR) is 142 cm³/mol. The zero-order valence-electron chi connectivity index (χ0n) is 20.4. The van der Waals surface area contributed by atoms with Crippen molar-refractivity contribution >= 4 is 40.3 Å². The van der Waals surface area contributed by atoms with E-state index in [9.17, 15) is 9.59 Å². The number of benzene rings is 1. The van der Waals surface area contributed by atoms with Crippen molar-refractivity contribution in [2.75, 3.05) is 23.0 Å². The Morgan fingerprint density at radius 3 is 2.41 bits per heavy atom. The minimum Gasteiger partial charge on any atom is -0.366 e. The minimum absolute atomic E-state index is 0.158. The van der Waals surface area contributed by atoms with E-state index in [-0.39, 0.29) is 23.9 Å². The molecule has 0 bridgehead atoms. The summed E-state index contributed by atoms with van der Waals surface area (Å²) >= 11 is 0. The summed E-state index contributed by atoms with van der Waals surface area (Å²) in [6, 6.07) is 12.9. The number of pyridine rings is 1. The van der Waals surface area contributed by atoms with Gasteiger partial charge < -0.3 is 27.0 Å². The average molecular weight is 500 g/mol. The van der Waals surface area contributed by atoms with Gasteiger partial charge >= 0.3 is 0 Å². The molecule has 4 aromatic rings. The lowest BCUT2D eigenvalue weighted by atomic mass is 9.92. The summed E-state index contributed by atoms with van der Waals surface area (Å²) < 4.78 is 1.54. The molecule has 0 atom stereocenters. The molecule has 0 spiro atoms. The Kier molecular flexibility index (Phi) is 6.95. The van der Waals surface area contributed by atoms with Gasteiger partial charge in [-0.25, -0.2) is 9.50 Å². The number of rotatable bonds is 7. The number of imidazole rings is 1. The number of carbonyl (C=O) groups is 2. The van der Waals surface area contributed by atoms with Gasteiger partial charge in [0.05, 0.1) is 11.9 Å². The van der Waals surface area contributed by atoms with Gasteiger partial charge in [-0.15, -0.1) is 5.10 Å². The molecule has 0 saturated heterocycles. The molecule has 3 heterocycles. The van der Waals surface area contributed by atoms with Gasteiger partial charge in [0.15, 0.2) is 11.3 Å². The summed E-state index contributed by atoms with van der Waals surface area (Å²) in [5, 5.41) is 17.1. The number of nitrogens with two attached hydrogens (primary N) is 1. The van der Waals surface area contributed by atoms with E-state index in [4.69, 9.17) is 10.8 Å². The van der Waals surface area contributed by atoms with Crippen molar-refractivity contribution in [3.8, 4) is 0 Å². The minimum atomic E-state index is -0.340. The Bertz CT molecular complexity index is 1400. The molecular weight excluding hydrogens is 470 g/mol. The van der Waals surface area contributed by atoms with E-state index in [1.807, 2.05) is 18.2 Å². The van der Waals surface area contributed by atoms with Crippen molar-refractivity contribution < 1.29 is 9.59 Å². The fraction of sp³-hybridized carbons (Fsp3) is 0.269. The maximum absolute atomic E-state index is 13.1. The lowest BCUT2D eigenvalue weighted by Crippen LogP contribution is -2.33. The predicted octanol–water partition coefficient (Wildman–Crippen LogP) is 3.16. The van der Waals surface area contributed by atoms with E-state index in [0.717, 1.165) is 31.4 Å². The monoisotopic (exact) mass is 499 g/mol. The summed E-state index contributed by atoms with van der Waals surface area (Å²) in [5.41, 5.74) is 9.47. The first-order valence-corrected chi connectivity index (χ1v) is 12.2. The highest BCUT2D eigenvalue weighted by Crippen LogP contribution is 2.27. The van der Waals surface area contributed by atoms with E-state index < -0.39 is 0 Å². The Labute approximate surface area is 213 Å². The third-order valence-electron chi connectivity index (χ3n) is 6.42. The van der Waals surface area contributed by atoms with Gasteiger partial charge in [0.25, 0.3) is 11.8 Å². The van der Waals surface area contributed by atoms with Gasteiger partial charge in [-0.3, -0.25) is 14.6 Å². The molecule has 190 valence electrons. The van der Waals surface area contributed by atoms with Crippen LogP contribution in [0.2, 0.25) is 0 Å². The maximum atomic E-state index is 13.1. The van der Waals surface area contributed by atoms with Crippen LogP contribution in [0.4, 0.5) is 22.9 Å². The number of anilines is 4. The zero-order valence-corrected chi connectivity index (χ0v) is 20.4. The molecule has 1 aliphatic rings. The number of hydrogen-bond donors (Lipinski definition) is 5. The number of aromatic nitrogens is 4. The second kappa shape index (κ2) is 10.6. The third-order valence-corrected chi connectivity index (χ3v) is 6.42. The van der Waals surface area contributed by atoms with Crippen molar-refractivity contribution in [3.63, 3.8) is 0 Å². The molecule has 1 fully saturated rings. The van der Waals surface area contributed by atoms with Gasteiger partial charge in [-0.1, -0.05) is 0 Å². The molecule has 37 heavy (non-hydrogen) atoms. The maximum Gasteiger partial charge on any atom is 0.276 e. The SMILES string of the molecule is CNC(=O)c1ccc(Nc2cc(NC3CCC(N)CC3)nn3c(C(=O)Nc4ccncc4)cnc23)cc1. The molecule has 11 heteroatoms. The summed E-state index contributed by atoms with van der Waals surface area (Å²) in [6.45, 7) is 0. The lowest BCUT2D eigenvalue weighted by molar-refractivity contribution is 0.0962. The molecule has 3 aromatic heterocycles. The third kappa shape index (κ3) is 5.51. The fourth-order valence-electron chi connectivity index (χ4n) is 4.39. The second-order valence-electron chi connectivity index (χ2n) is 9.05. The van der Waals surface area contributed by atoms with Crippen LogP contribution in [0.15, 0.2) is 61.1 Å². The highest BCUT2D eigenvalue weighted by Gasteiger charge is 2.21. The van der Waals surface area contributed by atoms with Gasteiger partial charge in [0, 0.05) is 54.5 Å². The first-order valence-electron chi connectivity index (χ1n) is 12.2. The molecule has 1 saturated carbocycles. The van der Waals surface area contributed by atoms with Crippen molar-refractivity contribution in [1.82, 2.24) is 24.9 Å². The van der Waals surface area contributed by atoms with Crippen molar-refractivity contribution in [1.29, 1.82) is 0 Å². The number of nitrogens with zero attached hydrogens (tertiary/aromatic N) is 4. The van der Waals surface area contributed by atoms with Crippen LogP contribution in [0.25, 0.3) is 5.65 Å². The van der Waals surface area contributed by atoms with E-state index in [0.29, 0.717) is 34.1 Å². The largest absolute Gasteiger partial charge is 0.366 e. The van der Waals surface area contributed by atoms with Gasteiger partial charge in [-0.05, 0) is 62.1 Å². The first kappa shape index (κ1) is 24.2. The lowest BCUT2D eigenvalue weighted by Gasteiger charge is -2.27. The van der Waals surface area contributed by atoms with Crippen LogP contribution in [0.3, 0.4) is 0 Å². The smallest absolute Gasteiger partial charge is 0.276 e. The topological polar surface area (TPSA) is 151 Å². The van der Waals surface area contributed by atoms with Gasteiger partial charge in [0.1, 0.15) is 5.82 Å². The van der Waals surface area contributed by atoms with E-state index in [2.05, 4.69) is 31.2 Å². The Balaban J connectivity index is 1.48. The summed E-state index contributed by atoms with van der Waals surface area (Å²) in [4.78, 5) is 33.5. The van der Waals surface area contributed by atoms with E-state index in [1.54, 1.807) is 43.7 Å². The second-order valence-corrected chi connectivity index (χ2v) is 9.05. The van der Waals surface area contributed by atoms with Gasteiger partial charge in [0.2, 0.25) is 0 Å². The molecule has 1 aliphatic carbocycles. The van der Waals surface area contributed by atoms with Gasteiger partial charge in [-0.2, -0.15) is 0 Å². The molecule has 5 rings (SSSR count). The van der Waals surface area contributed by atoms with Crippen molar-refractivity contribution in [3.05, 3.63) is 72.3 Å². The number of nitrogens with one attached hydrogen (secondary N) is 4. The molecule has 0 unspecified atom stereocenters. The van der Waals surface area contributed by atoms with Crippen molar-refractivity contribution in [2.24, 2.45) is 5.73 Å². The number of amides is 2. The van der Waals surface area contributed by atoms with E-state index in [1.165, 1.54) is 10.7 Å². The average Bonchev–Trinajstić information content (AvgIpc) is 3.35. The fourth-order valence-corrected chi connectivity index (χ4v) is 4.39. The molecule has 0 aliphatic heterocycles. The highest BCUT2D eigenvalue weighted by atomic mass is 16.2. The van der Waals surface area contributed by atoms with Crippen LogP contribution < -0.4 is 27.0 Å².